The summed E-state index contributed by atoms with van der Waals surface area (Å²) < 4.78 is 1.25. The summed E-state index contributed by atoms with van der Waals surface area (Å²) in [6.45, 7) is -0.247. The van der Waals surface area contributed by atoms with Gasteiger partial charge in [0, 0.05) is 21.4 Å². The van der Waals surface area contributed by atoms with Crippen molar-refractivity contribution in [3.8, 4) is 0 Å². The average Bonchev–Trinajstić information content (AvgIpc) is 2.85. The molecule has 0 saturated carbocycles. The topological polar surface area (TPSA) is 80.9 Å². The van der Waals surface area contributed by atoms with Gasteiger partial charge < -0.3 is 5.11 Å². The SMILES string of the molecule is O=C(O)Cn1nnnc1SCCSc1cc(Cl)ccc1Cl. The Labute approximate surface area is 139 Å². The summed E-state index contributed by atoms with van der Waals surface area (Å²) >= 11 is 14.9. The number of tetrazole rings is 1. The number of aromatic nitrogens is 4. The van der Waals surface area contributed by atoms with Crippen LogP contribution in [0.2, 0.25) is 10.0 Å². The monoisotopic (exact) mass is 364 g/mol. The minimum atomic E-state index is -0.982. The maximum Gasteiger partial charge on any atom is 0.325 e. The molecule has 0 bridgehead atoms. The Morgan fingerprint density at radius 2 is 2.05 bits per heavy atom. The van der Waals surface area contributed by atoms with Crippen LogP contribution in [0, 0.1) is 0 Å². The zero-order chi connectivity index (χ0) is 15.2. The molecule has 112 valence electrons. The van der Waals surface area contributed by atoms with E-state index < -0.39 is 5.97 Å². The van der Waals surface area contributed by atoms with Gasteiger partial charge in [-0.05, 0) is 28.6 Å². The molecular formula is C11H10Cl2N4O2S2. The summed E-state index contributed by atoms with van der Waals surface area (Å²) in [7, 11) is 0. The first-order valence-corrected chi connectivity index (χ1v) is 8.47. The highest BCUT2D eigenvalue weighted by atomic mass is 35.5. The second-order valence-electron chi connectivity index (χ2n) is 3.78. The molecule has 21 heavy (non-hydrogen) atoms. The quantitative estimate of drug-likeness (QED) is 0.597. The molecule has 1 aromatic carbocycles. The maximum absolute atomic E-state index is 10.6. The van der Waals surface area contributed by atoms with E-state index in [0.717, 1.165) is 10.6 Å². The van der Waals surface area contributed by atoms with E-state index in [1.807, 2.05) is 6.07 Å². The number of hydrogen-bond donors (Lipinski definition) is 1. The molecule has 0 aliphatic carbocycles. The summed E-state index contributed by atoms with van der Waals surface area (Å²) in [5.74, 6) is 0.502. The fourth-order valence-electron chi connectivity index (χ4n) is 1.40. The van der Waals surface area contributed by atoms with Crippen LogP contribution < -0.4 is 0 Å². The smallest absolute Gasteiger partial charge is 0.325 e. The fourth-order valence-corrected chi connectivity index (χ4v) is 3.75. The van der Waals surface area contributed by atoms with Gasteiger partial charge in [-0.2, -0.15) is 0 Å². The first-order chi connectivity index (χ1) is 10.1. The van der Waals surface area contributed by atoms with E-state index in [1.165, 1.54) is 16.4 Å². The van der Waals surface area contributed by atoms with Gasteiger partial charge in [-0.15, -0.1) is 16.9 Å². The molecule has 1 heterocycles. The van der Waals surface area contributed by atoms with Gasteiger partial charge in [-0.3, -0.25) is 4.79 Å². The lowest BCUT2D eigenvalue weighted by Gasteiger charge is -2.04. The van der Waals surface area contributed by atoms with E-state index >= 15 is 0 Å². The Bertz CT molecular complexity index is 638. The van der Waals surface area contributed by atoms with Crippen molar-refractivity contribution >= 4 is 52.7 Å². The second kappa shape index (κ2) is 7.88. The Morgan fingerprint density at radius 1 is 1.29 bits per heavy atom. The molecule has 0 aliphatic rings. The van der Waals surface area contributed by atoms with Crippen molar-refractivity contribution in [3.05, 3.63) is 28.2 Å². The normalized spacial score (nSPS) is 10.8. The third-order valence-electron chi connectivity index (χ3n) is 2.25. The number of benzene rings is 1. The van der Waals surface area contributed by atoms with Crippen molar-refractivity contribution in [2.24, 2.45) is 0 Å². The van der Waals surface area contributed by atoms with Crippen LogP contribution in [-0.2, 0) is 11.3 Å². The Balaban J connectivity index is 1.83. The first kappa shape index (κ1) is 16.4. The van der Waals surface area contributed by atoms with Crippen LogP contribution in [-0.4, -0.2) is 42.8 Å². The summed E-state index contributed by atoms with van der Waals surface area (Å²) in [6, 6.07) is 5.31. The van der Waals surface area contributed by atoms with Gasteiger partial charge in [-0.1, -0.05) is 35.0 Å². The van der Waals surface area contributed by atoms with E-state index in [0.29, 0.717) is 21.0 Å². The van der Waals surface area contributed by atoms with Crippen molar-refractivity contribution in [1.82, 2.24) is 20.2 Å². The number of hydrogen-bond acceptors (Lipinski definition) is 6. The van der Waals surface area contributed by atoms with Gasteiger partial charge in [-0.25, -0.2) is 4.68 Å². The molecule has 2 aromatic rings. The average molecular weight is 365 g/mol. The van der Waals surface area contributed by atoms with Crippen molar-refractivity contribution in [3.63, 3.8) is 0 Å². The number of carboxylic acids is 1. The van der Waals surface area contributed by atoms with E-state index in [1.54, 1.807) is 23.9 Å². The number of halogens is 2. The molecule has 1 N–H and O–H groups in total. The van der Waals surface area contributed by atoms with Gasteiger partial charge in [0.2, 0.25) is 5.16 Å². The highest BCUT2D eigenvalue weighted by Gasteiger charge is 2.10. The lowest BCUT2D eigenvalue weighted by atomic mass is 10.4. The molecule has 0 saturated heterocycles. The van der Waals surface area contributed by atoms with Gasteiger partial charge in [0.1, 0.15) is 6.54 Å². The number of aliphatic carboxylic acids is 1. The van der Waals surface area contributed by atoms with E-state index in [-0.39, 0.29) is 6.54 Å². The molecule has 1 aromatic heterocycles. The number of carbonyl (C=O) groups is 1. The van der Waals surface area contributed by atoms with E-state index in [2.05, 4.69) is 15.5 Å². The molecule has 0 fully saturated rings. The molecule has 6 nitrogen and oxygen atoms in total. The maximum atomic E-state index is 10.6. The number of rotatable bonds is 7. The van der Waals surface area contributed by atoms with Crippen LogP contribution in [0.5, 0.6) is 0 Å². The minimum Gasteiger partial charge on any atom is -0.480 e. The van der Waals surface area contributed by atoms with E-state index in [4.69, 9.17) is 28.3 Å². The summed E-state index contributed by atoms with van der Waals surface area (Å²) in [6.07, 6.45) is 0. The Hall–Kier alpha value is -0.960. The van der Waals surface area contributed by atoms with Crippen LogP contribution in [0.25, 0.3) is 0 Å². The van der Waals surface area contributed by atoms with Crippen molar-refractivity contribution in [2.75, 3.05) is 11.5 Å². The summed E-state index contributed by atoms with van der Waals surface area (Å²) in [5.41, 5.74) is 0. The molecular weight excluding hydrogens is 355 g/mol. The lowest BCUT2D eigenvalue weighted by Crippen LogP contribution is -2.11. The minimum absolute atomic E-state index is 0.247. The molecule has 0 spiro atoms. The third kappa shape index (κ3) is 5.06. The predicted octanol–water partition coefficient (Wildman–Crippen LogP) is 2.95. The molecule has 0 aliphatic heterocycles. The molecule has 0 amide bonds. The molecule has 0 atom stereocenters. The van der Waals surface area contributed by atoms with Crippen LogP contribution in [0.15, 0.2) is 28.3 Å². The van der Waals surface area contributed by atoms with Gasteiger partial charge >= 0.3 is 5.97 Å². The standard InChI is InChI=1S/C11H10Cl2N4O2S2/c12-7-1-2-8(13)9(5-7)20-3-4-21-11-14-15-16-17(11)6-10(18)19/h1-2,5H,3-4,6H2,(H,18,19). The van der Waals surface area contributed by atoms with Crippen LogP contribution in [0.4, 0.5) is 0 Å². The molecule has 2 rings (SSSR count). The molecule has 0 unspecified atom stereocenters. The fraction of sp³-hybridized carbons (Fsp3) is 0.273. The highest BCUT2D eigenvalue weighted by Crippen LogP contribution is 2.30. The van der Waals surface area contributed by atoms with Crippen molar-refractivity contribution in [1.29, 1.82) is 0 Å². The van der Waals surface area contributed by atoms with Gasteiger partial charge in [0.15, 0.2) is 0 Å². The van der Waals surface area contributed by atoms with Crippen molar-refractivity contribution in [2.45, 2.75) is 16.6 Å². The van der Waals surface area contributed by atoms with E-state index in [9.17, 15) is 4.79 Å². The van der Waals surface area contributed by atoms with Crippen LogP contribution >= 0.6 is 46.7 Å². The first-order valence-electron chi connectivity index (χ1n) is 5.75. The number of carboxylic acid groups (broad SMARTS) is 1. The Kier molecular flexibility index (Phi) is 6.16. The van der Waals surface area contributed by atoms with Crippen LogP contribution in [0.3, 0.4) is 0 Å². The predicted molar refractivity (Wildman–Crippen MR) is 83.4 cm³/mol. The largest absolute Gasteiger partial charge is 0.480 e. The highest BCUT2D eigenvalue weighted by molar-refractivity contribution is 8.02. The molecule has 0 radical (unpaired) electrons. The van der Waals surface area contributed by atoms with Crippen LogP contribution in [0.1, 0.15) is 0 Å². The zero-order valence-electron chi connectivity index (χ0n) is 10.6. The summed E-state index contributed by atoms with van der Waals surface area (Å²) in [5, 5.41) is 21.4. The second-order valence-corrected chi connectivity index (χ2v) is 6.83. The number of thioether (sulfide) groups is 2. The zero-order valence-corrected chi connectivity index (χ0v) is 13.7. The summed E-state index contributed by atoms with van der Waals surface area (Å²) in [4.78, 5) is 11.6. The van der Waals surface area contributed by atoms with Gasteiger partial charge in [0.05, 0.1) is 5.02 Å². The third-order valence-corrected chi connectivity index (χ3v) is 5.20. The van der Waals surface area contributed by atoms with Gasteiger partial charge in [0.25, 0.3) is 0 Å². The molecule has 10 heteroatoms. The lowest BCUT2D eigenvalue weighted by molar-refractivity contribution is -0.138. The van der Waals surface area contributed by atoms with Crippen molar-refractivity contribution < 1.29 is 9.90 Å². The number of nitrogens with zero attached hydrogens (tertiary/aromatic N) is 4. The Morgan fingerprint density at radius 3 is 2.81 bits per heavy atom.